The summed E-state index contributed by atoms with van der Waals surface area (Å²) in [6.45, 7) is 4.16. The molecule has 0 aliphatic heterocycles. The summed E-state index contributed by atoms with van der Waals surface area (Å²) in [5.74, 6) is -0.224. The number of rotatable bonds is 6. The van der Waals surface area contributed by atoms with Gasteiger partial charge < -0.3 is 10.6 Å². The molecule has 0 unspecified atom stereocenters. The van der Waals surface area contributed by atoms with Crippen molar-refractivity contribution in [3.63, 3.8) is 0 Å². The first-order chi connectivity index (χ1) is 11.1. The Morgan fingerprint density at radius 3 is 2.35 bits per heavy atom. The summed E-state index contributed by atoms with van der Waals surface area (Å²) in [6.07, 6.45) is 0.259. The van der Waals surface area contributed by atoms with E-state index >= 15 is 0 Å². The van der Waals surface area contributed by atoms with Gasteiger partial charge in [-0.15, -0.1) is 0 Å². The molecule has 0 aliphatic rings. The fourth-order valence-electron chi connectivity index (χ4n) is 2.35. The molecule has 23 heavy (non-hydrogen) atoms. The summed E-state index contributed by atoms with van der Waals surface area (Å²) in [6, 6.07) is 17.1. The molecule has 2 aromatic carbocycles. The number of amides is 2. The highest BCUT2D eigenvalue weighted by molar-refractivity contribution is 5.95. The zero-order valence-corrected chi connectivity index (χ0v) is 13.5. The maximum atomic E-state index is 12.0. The van der Waals surface area contributed by atoms with Gasteiger partial charge in [0.05, 0.1) is 6.04 Å². The number of hydrogen-bond donors (Lipinski definition) is 2. The first-order valence-electron chi connectivity index (χ1n) is 7.76. The molecule has 2 aromatic rings. The molecule has 120 valence electrons. The highest BCUT2D eigenvalue weighted by Crippen LogP contribution is 2.11. The van der Waals surface area contributed by atoms with Crippen LogP contribution in [0.2, 0.25) is 0 Å². The van der Waals surface area contributed by atoms with Gasteiger partial charge >= 0.3 is 0 Å². The lowest BCUT2D eigenvalue weighted by atomic mass is 10.1. The van der Waals surface area contributed by atoms with Crippen LogP contribution in [0, 0.1) is 6.92 Å². The van der Waals surface area contributed by atoms with Crippen LogP contribution in [0.1, 0.15) is 40.9 Å². The van der Waals surface area contributed by atoms with Crippen molar-refractivity contribution in [3.05, 3.63) is 71.3 Å². The van der Waals surface area contributed by atoms with Crippen molar-refractivity contribution in [1.82, 2.24) is 10.6 Å². The lowest BCUT2D eigenvalue weighted by Gasteiger charge is -2.14. The summed E-state index contributed by atoms with van der Waals surface area (Å²) in [7, 11) is 0. The van der Waals surface area contributed by atoms with Gasteiger partial charge in [0.2, 0.25) is 5.91 Å². The second-order valence-electron chi connectivity index (χ2n) is 5.52. The van der Waals surface area contributed by atoms with E-state index in [4.69, 9.17) is 0 Å². The van der Waals surface area contributed by atoms with E-state index in [2.05, 4.69) is 10.6 Å². The Bertz CT molecular complexity index is 668. The Morgan fingerprint density at radius 2 is 1.65 bits per heavy atom. The van der Waals surface area contributed by atoms with E-state index in [1.807, 2.05) is 62.4 Å². The molecule has 0 fully saturated rings. The predicted octanol–water partition coefficient (Wildman–Crippen LogP) is 2.99. The smallest absolute Gasteiger partial charge is 0.251 e. The average molecular weight is 310 g/mol. The minimum Gasteiger partial charge on any atom is -0.352 e. The fraction of sp³-hybridized carbons (Fsp3) is 0.263. The van der Waals surface area contributed by atoms with Gasteiger partial charge in [-0.25, -0.2) is 0 Å². The number of carbonyl (C=O) groups excluding carboxylic acids is 2. The Hall–Kier alpha value is -2.62. The van der Waals surface area contributed by atoms with Gasteiger partial charge in [-0.3, -0.25) is 9.59 Å². The summed E-state index contributed by atoms with van der Waals surface area (Å²) in [4.78, 5) is 24.0. The number of benzene rings is 2. The van der Waals surface area contributed by atoms with Crippen molar-refractivity contribution in [1.29, 1.82) is 0 Å². The van der Waals surface area contributed by atoms with Crippen LogP contribution < -0.4 is 10.6 Å². The molecule has 1 atom stereocenters. The van der Waals surface area contributed by atoms with Crippen LogP contribution in [0.3, 0.4) is 0 Å². The van der Waals surface area contributed by atoms with Gasteiger partial charge in [0.1, 0.15) is 0 Å². The maximum absolute atomic E-state index is 12.0. The van der Waals surface area contributed by atoms with E-state index in [1.54, 1.807) is 6.07 Å². The average Bonchev–Trinajstić information content (AvgIpc) is 2.56. The van der Waals surface area contributed by atoms with Crippen LogP contribution >= 0.6 is 0 Å². The molecule has 0 bridgehead atoms. The lowest BCUT2D eigenvalue weighted by molar-refractivity contribution is -0.121. The van der Waals surface area contributed by atoms with Crippen molar-refractivity contribution in [2.75, 3.05) is 6.54 Å². The van der Waals surface area contributed by atoms with E-state index in [-0.39, 0.29) is 24.3 Å². The molecule has 0 aliphatic carbocycles. The second-order valence-corrected chi connectivity index (χ2v) is 5.52. The molecule has 4 nitrogen and oxygen atoms in total. The topological polar surface area (TPSA) is 58.2 Å². The third kappa shape index (κ3) is 4.95. The Morgan fingerprint density at radius 1 is 1.00 bits per heavy atom. The maximum Gasteiger partial charge on any atom is 0.251 e. The van der Waals surface area contributed by atoms with Gasteiger partial charge in [0.15, 0.2) is 0 Å². The monoisotopic (exact) mass is 310 g/mol. The summed E-state index contributed by atoms with van der Waals surface area (Å²) < 4.78 is 0. The minimum absolute atomic E-state index is 0.0456. The standard InChI is InChI=1S/C19H22N2O2/c1-14-8-6-7-11-17(14)19(23)20-13-12-18(22)21-15(2)16-9-4-3-5-10-16/h3-11,15H,12-13H2,1-2H3,(H,20,23)(H,21,22)/t15-/m0/s1. The van der Waals surface area contributed by atoms with Crippen molar-refractivity contribution in [3.8, 4) is 0 Å². The molecule has 2 N–H and O–H groups in total. The van der Waals surface area contributed by atoms with Gasteiger partial charge in [0, 0.05) is 18.5 Å². The normalized spacial score (nSPS) is 11.6. The second kappa shape index (κ2) is 8.13. The van der Waals surface area contributed by atoms with Crippen molar-refractivity contribution >= 4 is 11.8 Å². The molecular weight excluding hydrogens is 288 g/mol. The van der Waals surface area contributed by atoms with Crippen molar-refractivity contribution in [2.24, 2.45) is 0 Å². The van der Waals surface area contributed by atoms with Gasteiger partial charge in [-0.1, -0.05) is 48.5 Å². The van der Waals surface area contributed by atoms with Crippen LogP contribution in [0.5, 0.6) is 0 Å². The fourth-order valence-corrected chi connectivity index (χ4v) is 2.35. The van der Waals surface area contributed by atoms with Gasteiger partial charge in [0.25, 0.3) is 5.91 Å². The van der Waals surface area contributed by atoms with Crippen molar-refractivity contribution in [2.45, 2.75) is 26.3 Å². The summed E-state index contributed by atoms with van der Waals surface area (Å²) >= 11 is 0. The Labute approximate surface area is 136 Å². The van der Waals surface area contributed by atoms with Crippen LogP contribution in [0.15, 0.2) is 54.6 Å². The molecule has 0 spiro atoms. The minimum atomic E-state index is -0.146. The first-order valence-corrected chi connectivity index (χ1v) is 7.76. The molecule has 0 radical (unpaired) electrons. The molecule has 2 amide bonds. The third-order valence-electron chi connectivity index (χ3n) is 3.70. The van der Waals surface area contributed by atoms with Gasteiger partial charge in [-0.2, -0.15) is 0 Å². The van der Waals surface area contributed by atoms with E-state index in [0.717, 1.165) is 11.1 Å². The van der Waals surface area contributed by atoms with E-state index < -0.39 is 0 Å². The predicted molar refractivity (Wildman–Crippen MR) is 91.1 cm³/mol. The van der Waals surface area contributed by atoms with Crippen LogP contribution in [0.4, 0.5) is 0 Å². The SMILES string of the molecule is Cc1ccccc1C(=O)NCCC(=O)N[C@@H](C)c1ccccc1. The number of carbonyl (C=O) groups is 2. The van der Waals surface area contributed by atoms with E-state index in [9.17, 15) is 9.59 Å². The molecule has 2 rings (SSSR count). The van der Waals surface area contributed by atoms with Crippen LogP contribution in [-0.2, 0) is 4.79 Å². The van der Waals surface area contributed by atoms with Crippen LogP contribution in [-0.4, -0.2) is 18.4 Å². The lowest BCUT2D eigenvalue weighted by Crippen LogP contribution is -2.32. The quantitative estimate of drug-likeness (QED) is 0.861. The summed E-state index contributed by atoms with van der Waals surface area (Å²) in [5.41, 5.74) is 2.63. The highest BCUT2D eigenvalue weighted by Gasteiger charge is 2.11. The highest BCUT2D eigenvalue weighted by atomic mass is 16.2. The van der Waals surface area contributed by atoms with E-state index in [0.29, 0.717) is 12.1 Å². The van der Waals surface area contributed by atoms with Gasteiger partial charge in [-0.05, 0) is 31.0 Å². The number of nitrogens with one attached hydrogen (secondary N) is 2. The third-order valence-corrected chi connectivity index (χ3v) is 3.70. The number of aryl methyl sites for hydroxylation is 1. The van der Waals surface area contributed by atoms with Crippen LogP contribution in [0.25, 0.3) is 0 Å². The molecule has 4 heteroatoms. The van der Waals surface area contributed by atoms with Crippen molar-refractivity contribution < 1.29 is 9.59 Å². The molecule has 0 aromatic heterocycles. The number of hydrogen-bond acceptors (Lipinski definition) is 2. The zero-order valence-electron chi connectivity index (χ0n) is 13.5. The molecular formula is C19H22N2O2. The molecule has 0 heterocycles. The first kappa shape index (κ1) is 16.7. The largest absolute Gasteiger partial charge is 0.352 e. The molecule has 0 saturated heterocycles. The molecule has 0 saturated carbocycles. The zero-order chi connectivity index (χ0) is 16.7. The summed E-state index contributed by atoms with van der Waals surface area (Å²) in [5, 5.41) is 5.71. The Kier molecular flexibility index (Phi) is 5.92. The Balaban J connectivity index is 1.77. The van der Waals surface area contributed by atoms with E-state index in [1.165, 1.54) is 0 Å².